The summed E-state index contributed by atoms with van der Waals surface area (Å²) in [5.74, 6) is -1.26. The second-order valence-corrected chi connectivity index (χ2v) is 6.31. The van der Waals surface area contributed by atoms with Crippen LogP contribution in [0.4, 0.5) is 9.57 Å². The van der Waals surface area contributed by atoms with Gasteiger partial charge in [-0.2, -0.15) is 8.42 Å². The second-order valence-electron chi connectivity index (χ2n) is 4.90. The number of hydrogen-bond donors (Lipinski definition) is 0. The standard InChI is InChI=1S/C12H15FN2O3S/c1-8-4-14-5-9(2)12(8)15-6-10(3-11(15)16)7-19(13,17)18/h4-5,10H,3,6-7H2,1-2H3. The van der Waals surface area contributed by atoms with Crippen LogP contribution in [0.2, 0.25) is 0 Å². The fraction of sp³-hybridized carbons (Fsp3) is 0.500. The number of aryl methyl sites for hydroxylation is 2. The molecule has 1 atom stereocenters. The summed E-state index contributed by atoms with van der Waals surface area (Å²) < 4.78 is 34.0. The van der Waals surface area contributed by atoms with E-state index in [0.717, 1.165) is 16.8 Å². The van der Waals surface area contributed by atoms with Crippen LogP contribution in [-0.4, -0.2) is 31.6 Å². The van der Waals surface area contributed by atoms with E-state index in [4.69, 9.17) is 0 Å². The van der Waals surface area contributed by atoms with Gasteiger partial charge in [0.15, 0.2) is 0 Å². The Morgan fingerprint density at radius 2 is 1.95 bits per heavy atom. The lowest BCUT2D eigenvalue weighted by Gasteiger charge is -2.20. The van der Waals surface area contributed by atoms with Gasteiger partial charge in [-0.3, -0.25) is 9.78 Å². The summed E-state index contributed by atoms with van der Waals surface area (Å²) in [5.41, 5.74) is 2.44. The fourth-order valence-electron chi connectivity index (χ4n) is 2.51. The molecule has 1 aromatic rings. The molecule has 19 heavy (non-hydrogen) atoms. The molecule has 7 heteroatoms. The highest BCUT2D eigenvalue weighted by molar-refractivity contribution is 7.86. The number of carbonyl (C=O) groups excluding carboxylic acids is 1. The highest BCUT2D eigenvalue weighted by Crippen LogP contribution is 2.30. The Morgan fingerprint density at radius 3 is 2.47 bits per heavy atom. The van der Waals surface area contributed by atoms with E-state index >= 15 is 0 Å². The first-order chi connectivity index (χ1) is 8.78. The largest absolute Gasteiger partial charge is 0.311 e. The molecule has 1 fully saturated rings. The van der Waals surface area contributed by atoms with Gasteiger partial charge in [0.05, 0.1) is 11.4 Å². The minimum atomic E-state index is -4.55. The summed E-state index contributed by atoms with van der Waals surface area (Å²) in [6.45, 7) is 3.90. The predicted molar refractivity (Wildman–Crippen MR) is 69.1 cm³/mol. The predicted octanol–water partition coefficient (Wildman–Crippen LogP) is 1.35. The summed E-state index contributed by atoms with van der Waals surface area (Å²) in [6, 6.07) is 0. The minimum absolute atomic E-state index is 0.0599. The van der Waals surface area contributed by atoms with Crippen molar-refractivity contribution in [3.05, 3.63) is 23.5 Å². The maximum Gasteiger partial charge on any atom is 0.302 e. The number of carbonyl (C=O) groups is 1. The van der Waals surface area contributed by atoms with E-state index in [1.165, 1.54) is 4.90 Å². The molecule has 1 amide bonds. The van der Waals surface area contributed by atoms with Gasteiger partial charge in [-0.25, -0.2) is 0 Å². The quantitative estimate of drug-likeness (QED) is 0.787. The fourth-order valence-corrected chi connectivity index (χ4v) is 3.30. The number of hydrogen-bond acceptors (Lipinski definition) is 4. The molecule has 0 spiro atoms. The molecule has 0 aliphatic carbocycles. The van der Waals surface area contributed by atoms with Crippen LogP contribution in [0.15, 0.2) is 12.4 Å². The molecule has 0 saturated carbocycles. The Balaban J connectivity index is 2.26. The van der Waals surface area contributed by atoms with Crippen molar-refractivity contribution in [2.75, 3.05) is 17.2 Å². The van der Waals surface area contributed by atoms with Gasteiger partial charge in [0.2, 0.25) is 5.91 Å². The van der Waals surface area contributed by atoms with Gasteiger partial charge in [0, 0.05) is 31.3 Å². The third-order valence-corrected chi connectivity index (χ3v) is 4.06. The maximum atomic E-state index is 12.7. The lowest BCUT2D eigenvalue weighted by molar-refractivity contribution is -0.117. The van der Waals surface area contributed by atoms with Crippen molar-refractivity contribution in [2.45, 2.75) is 20.3 Å². The van der Waals surface area contributed by atoms with E-state index in [0.29, 0.717) is 0 Å². The lowest BCUT2D eigenvalue weighted by atomic mass is 10.1. The van der Waals surface area contributed by atoms with Crippen molar-refractivity contribution >= 4 is 21.8 Å². The summed E-state index contributed by atoms with van der Waals surface area (Å²) in [5, 5.41) is 0. The minimum Gasteiger partial charge on any atom is -0.311 e. The highest BCUT2D eigenvalue weighted by Gasteiger charge is 2.34. The first-order valence-corrected chi connectivity index (χ1v) is 7.47. The molecule has 1 unspecified atom stereocenters. The number of pyridine rings is 1. The van der Waals surface area contributed by atoms with Crippen molar-refractivity contribution in [2.24, 2.45) is 5.92 Å². The van der Waals surface area contributed by atoms with Gasteiger partial charge in [-0.15, -0.1) is 3.89 Å². The molecule has 0 bridgehead atoms. The average Bonchev–Trinajstić information content (AvgIpc) is 2.56. The van der Waals surface area contributed by atoms with Crippen molar-refractivity contribution in [3.63, 3.8) is 0 Å². The normalized spacial score (nSPS) is 20.1. The number of rotatable bonds is 3. The Hall–Kier alpha value is -1.50. The number of aromatic nitrogens is 1. The molecule has 1 aliphatic rings. The number of halogens is 1. The van der Waals surface area contributed by atoms with Gasteiger partial charge in [-0.1, -0.05) is 0 Å². The number of anilines is 1. The van der Waals surface area contributed by atoms with Crippen molar-refractivity contribution < 1.29 is 17.1 Å². The van der Waals surface area contributed by atoms with Crippen molar-refractivity contribution in [1.82, 2.24) is 4.98 Å². The molecule has 104 valence electrons. The molecular weight excluding hydrogens is 271 g/mol. The monoisotopic (exact) mass is 286 g/mol. The van der Waals surface area contributed by atoms with E-state index in [1.54, 1.807) is 12.4 Å². The SMILES string of the molecule is Cc1cncc(C)c1N1CC(CS(=O)(=O)F)CC1=O. The summed E-state index contributed by atoms with van der Waals surface area (Å²) >= 11 is 0. The van der Waals surface area contributed by atoms with Gasteiger partial charge in [0.25, 0.3) is 0 Å². The average molecular weight is 286 g/mol. The topological polar surface area (TPSA) is 67.3 Å². The Kier molecular flexibility index (Phi) is 3.58. The number of amides is 1. The van der Waals surface area contributed by atoms with Crippen LogP contribution in [0.1, 0.15) is 17.5 Å². The molecule has 0 N–H and O–H groups in total. The molecule has 1 aliphatic heterocycles. The first kappa shape index (κ1) is 13.9. The molecule has 0 radical (unpaired) electrons. The van der Waals surface area contributed by atoms with E-state index < -0.39 is 21.9 Å². The smallest absolute Gasteiger partial charge is 0.302 e. The zero-order valence-corrected chi connectivity index (χ0v) is 11.6. The summed E-state index contributed by atoms with van der Waals surface area (Å²) in [6.07, 6.45) is 3.36. The highest BCUT2D eigenvalue weighted by atomic mass is 32.3. The Bertz CT molecular complexity index is 595. The van der Waals surface area contributed by atoms with E-state index in [1.807, 2.05) is 13.8 Å². The zero-order valence-electron chi connectivity index (χ0n) is 10.8. The van der Waals surface area contributed by atoms with E-state index in [2.05, 4.69) is 4.98 Å². The lowest BCUT2D eigenvalue weighted by Crippen LogP contribution is -2.27. The van der Waals surface area contributed by atoms with Crippen LogP contribution in [0, 0.1) is 19.8 Å². The first-order valence-electron chi connectivity index (χ1n) is 5.92. The summed E-state index contributed by atoms with van der Waals surface area (Å²) in [4.78, 5) is 17.5. The molecule has 1 saturated heterocycles. The molecule has 0 aromatic carbocycles. The maximum absolute atomic E-state index is 12.7. The van der Waals surface area contributed by atoms with Crippen LogP contribution in [-0.2, 0) is 15.0 Å². The Labute approximate surface area is 111 Å². The van der Waals surface area contributed by atoms with Gasteiger partial charge in [0.1, 0.15) is 0 Å². The van der Waals surface area contributed by atoms with Crippen LogP contribution in [0.25, 0.3) is 0 Å². The van der Waals surface area contributed by atoms with Gasteiger partial charge < -0.3 is 4.90 Å². The zero-order chi connectivity index (χ0) is 14.2. The van der Waals surface area contributed by atoms with Crippen LogP contribution in [0.5, 0.6) is 0 Å². The van der Waals surface area contributed by atoms with Crippen LogP contribution in [0.3, 0.4) is 0 Å². The van der Waals surface area contributed by atoms with Crippen LogP contribution < -0.4 is 4.90 Å². The molecule has 2 rings (SSSR count). The van der Waals surface area contributed by atoms with Crippen molar-refractivity contribution in [1.29, 1.82) is 0 Å². The molecule has 2 heterocycles. The molecule has 1 aromatic heterocycles. The van der Waals surface area contributed by atoms with E-state index in [9.17, 15) is 17.1 Å². The van der Waals surface area contributed by atoms with Gasteiger partial charge in [-0.05, 0) is 25.0 Å². The van der Waals surface area contributed by atoms with E-state index in [-0.39, 0.29) is 18.9 Å². The van der Waals surface area contributed by atoms with Crippen LogP contribution >= 0.6 is 0 Å². The number of nitrogens with zero attached hydrogens (tertiary/aromatic N) is 2. The molecule has 5 nitrogen and oxygen atoms in total. The third-order valence-electron chi connectivity index (χ3n) is 3.19. The Morgan fingerprint density at radius 1 is 1.37 bits per heavy atom. The summed E-state index contributed by atoms with van der Waals surface area (Å²) in [7, 11) is -4.55. The third kappa shape index (κ3) is 3.09. The second kappa shape index (κ2) is 4.88. The van der Waals surface area contributed by atoms with Gasteiger partial charge >= 0.3 is 10.2 Å². The van der Waals surface area contributed by atoms with Crippen molar-refractivity contribution in [3.8, 4) is 0 Å². The molecular formula is C12H15FN2O3S.